The van der Waals surface area contributed by atoms with Crippen molar-refractivity contribution >= 4 is 55.8 Å². The van der Waals surface area contributed by atoms with Crippen LogP contribution in [-0.2, 0) is 0 Å². The van der Waals surface area contributed by atoms with Gasteiger partial charge in [0.25, 0.3) is 5.91 Å². The molecule has 2 aromatic rings. The van der Waals surface area contributed by atoms with E-state index >= 15 is 0 Å². The summed E-state index contributed by atoms with van der Waals surface area (Å²) < 4.78 is 1.96. The van der Waals surface area contributed by atoms with Crippen molar-refractivity contribution < 1.29 is 4.79 Å². The van der Waals surface area contributed by atoms with Crippen molar-refractivity contribution in [3.8, 4) is 0 Å². The van der Waals surface area contributed by atoms with E-state index in [0.717, 1.165) is 19.3 Å². The smallest absolute Gasteiger partial charge is 0.257 e. The quantitative estimate of drug-likeness (QED) is 0.554. The van der Waals surface area contributed by atoms with Crippen molar-refractivity contribution in [3.05, 3.63) is 55.6 Å². The van der Waals surface area contributed by atoms with Crippen molar-refractivity contribution in [3.63, 3.8) is 0 Å². The van der Waals surface area contributed by atoms with Gasteiger partial charge in [0.15, 0.2) is 0 Å². The van der Waals surface area contributed by atoms with Gasteiger partial charge in [0, 0.05) is 19.4 Å². The highest BCUT2D eigenvalue weighted by molar-refractivity contribution is 14.1. The molecule has 0 atom stereocenters. The van der Waals surface area contributed by atoms with Crippen molar-refractivity contribution in [2.24, 2.45) is 0 Å². The number of amides is 1. The van der Waals surface area contributed by atoms with Gasteiger partial charge in [-0.15, -0.1) is 0 Å². The number of carbonyl (C=O) groups excluding carboxylic acids is 1. The highest BCUT2D eigenvalue weighted by Gasteiger charge is 2.11. The second kappa shape index (κ2) is 5.92. The maximum atomic E-state index is 12.2. The first-order valence-electron chi connectivity index (χ1n) is 5.60. The Kier molecular flexibility index (Phi) is 4.46. The third kappa shape index (κ3) is 3.48. The van der Waals surface area contributed by atoms with Crippen LogP contribution in [0.3, 0.4) is 0 Å². The number of nitrogen functional groups attached to an aromatic ring is 1. The predicted molar refractivity (Wildman–Crippen MR) is 90.4 cm³/mol. The van der Waals surface area contributed by atoms with Crippen molar-refractivity contribution in [2.75, 3.05) is 11.1 Å². The summed E-state index contributed by atoms with van der Waals surface area (Å²) in [7, 11) is 0. The molecule has 0 radical (unpaired) electrons. The van der Waals surface area contributed by atoms with E-state index in [0.29, 0.717) is 11.3 Å². The molecule has 0 fully saturated rings. The highest BCUT2D eigenvalue weighted by atomic mass is 127. The van der Waals surface area contributed by atoms with Crippen LogP contribution in [-0.4, -0.2) is 5.91 Å². The van der Waals surface area contributed by atoms with E-state index in [9.17, 15) is 4.79 Å². The fraction of sp³-hybridized carbons (Fsp3) is 0.0714. The summed E-state index contributed by atoms with van der Waals surface area (Å²) in [4.78, 5) is 12.2. The Balaban J connectivity index is 2.28. The summed E-state index contributed by atoms with van der Waals surface area (Å²) in [6.45, 7) is 1.96. The van der Waals surface area contributed by atoms with Crippen molar-refractivity contribution in [1.29, 1.82) is 0 Å². The molecule has 0 aliphatic heterocycles. The second-order valence-electron chi connectivity index (χ2n) is 4.14. The lowest BCUT2D eigenvalue weighted by atomic mass is 10.1. The van der Waals surface area contributed by atoms with Crippen LogP contribution in [0.2, 0.25) is 0 Å². The molecule has 5 heteroatoms. The summed E-state index contributed by atoms with van der Waals surface area (Å²) in [5, 5.41) is 2.88. The van der Waals surface area contributed by atoms with Gasteiger partial charge in [-0.05, 0) is 71.5 Å². The number of aryl methyl sites for hydroxylation is 1. The van der Waals surface area contributed by atoms with Crippen LogP contribution in [0.1, 0.15) is 15.9 Å². The molecule has 0 spiro atoms. The fourth-order valence-electron chi connectivity index (χ4n) is 1.68. The number of anilines is 2. The van der Waals surface area contributed by atoms with E-state index in [1.165, 1.54) is 0 Å². The first-order valence-corrected chi connectivity index (χ1v) is 7.47. The minimum Gasteiger partial charge on any atom is -0.398 e. The molecule has 0 saturated heterocycles. The normalized spacial score (nSPS) is 10.3. The molecule has 98 valence electrons. The third-order valence-electron chi connectivity index (χ3n) is 2.70. The van der Waals surface area contributed by atoms with E-state index in [-0.39, 0.29) is 5.91 Å². The first-order chi connectivity index (χ1) is 8.97. The van der Waals surface area contributed by atoms with Gasteiger partial charge in [-0.2, -0.15) is 0 Å². The summed E-state index contributed by atoms with van der Waals surface area (Å²) in [5.74, 6) is -0.205. The molecular formula is C14H12BrIN2O. The van der Waals surface area contributed by atoms with Crippen molar-refractivity contribution in [1.82, 2.24) is 0 Å². The van der Waals surface area contributed by atoms with Crippen LogP contribution in [0.5, 0.6) is 0 Å². The van der Waals surface area contributed by atoms with Gasteiger partial charge in [-0.25, -0.2) is 0 Å². The Morgan fingerprint density at radius 1 is 1.26 bits per heavy atom. The number of carbonyl (C=O) groups is 1. The van der Waals surface area contributed by atoms with Gasteiger partial charge in [-0.1, -0.05) is 15.9 Å². The lowest BCUT2D eigenvalue weighted by Gasteiger charge is -2.10. The number of nitrogens with two attached hydrogens (primary N) is 1. The summed E-state index contributed by atoms with van der Waals surface area (Å²) in [6, 6.07) is 11.1. The Hall–Kier alpha value is -1.08. The molecule has 0 bridgehead atoms. The lowest BCUT2D eigenvalue weighted by Crippen LogP contribution is -2.14. The van der Waals surface area contributed by atoms with Gasteiger partial charge < -0.3 is 11.1 Å². The largest absolute Gasteiger partial charge is 0.398 e. The molecular weight excluding hydrogens is 419 g/mol. The number of nitrogens with one attached hydrogen (secondary N) is 1. The molecule has 1 amide bonds. The number of hydrogen-bond donors (Lipinski definition) is 2. The monoisotopic (exact) mass is 430 g/mol. The molecule has 19 heavy (non-hydrogen) atoms. The fourth-order valence-corrected chi connectivity index (χ4v) is 2.69. The zero-order chi connectivity index (χ0) is 14.0. The van der Waals surface area contributed by atoms with E-state index < -0.39 is 0 Å². The first kappa shape index (κ1) is 14.3. The molecule has 0 aliphatic carbocycles. The summed E-state index contributed by atoms with van der Waals surface area (Å²) in [5.41, 5.74) is 8.57. The predicted octanol–water partition coefficient (Wildman–Crippen LogP) is 4.20. The Morgan fingerprint density at radius 2 is 2.00 bits per heavy atom. The van der Waals surface area contributed by atoms with Gasteiger partial charge in [-0.3, -0.25) is 4.79 Å². The minimum atomic E-state index is -0.205. The topological polar surface area (TPSA) is 55.1 Å². The number of rotatable bonds is 2. The van der Waals surface area contributed by atoms with E-state index in [1.54, 1.807) is 12.1 Å². The average Bonchev–Trinajstić information content (AvgIpc) is 2.35. The molecule has 3 nitrogen and oxygen atoms in total. The summed E-state index contributed by atoms with van der Waals surface area (Å²) in [6.07, 6.45) is 0. The SMILES string of the molecule is Cc1cc(I)ccc1NC(=O)c1cc(Br)ccc1N. The lowest BCUT2D eigenvalue weighted by molar-refractivity contribution is 0.102. The molecule has 0 saturated carbocycles. The minimum absolute atomic E-state index is 0.205. The Bertz CT molecular complexity index is 643. The van der Waals surface area contributed by atoms with E-state index in [2.05, 4.69) is 43.8 Å². The highest BCUT2D eigenvalue weighted by Crippen LogP contribution is 2.22. The standard InChI is InChI=1S/C14H12BrIN2O/c1-8-6-10(16)3-5-13(8)18-14(19)11-7-9(15)2-4-12(11)17/h2-7H,17H2,1H3,(H,18,19). The third-order valence-corrected chi connectivity index (χ3v) is 3.86. The van der Waals surface area contributed by atoms with E-state index in [1.807, 2.05) is 31.2 Å². The van der Waals surface area contributed by atoms with E-state index in [4.69, 9.17) is 5.73 Å². The average molecular weight is 431 g/mol. The Morgan fingerprint density at radius 3 is 2.68 bits per heavy atom. The van der Waals surface area contributed by atoms with Gasteiger partial charge in [0.05, 0.1) is 5.56 Å². The molecule has 3 N–H and O–H groups in total. The molecule has 2 rings (SSSR count). The molecule has 0 aromatic heterocycles. The van der Waals surface area contributed by atoms with Crippen LogP contribution in [0.4, 0.5) is 11.4 Å². The van der Waals surface area contributed by atoms with Crippen LogP contribution in [0.15, 0.2) is 40.9 Å². The van der Waals surface area contributed by atoms with Crippen LogP contribution in [0.25, 0.3) is 0 Å². The van der Waals surface area contributed by atoms with Crippen molar-refractivity contribution in [2.45, 2.75) is 6.92 Å². The maximum Gasteiger partial charge on any atom is 0.257 e. The van der Waals surface area contributed by atoms with Gasteiger partial charge >= 0.3 is 0 Å². The van der Waals surface area contributed by atoms with Gasteiger partial charge in [0.1, 0.15) is 0 Å². The summed E-state index contributed by atoms with van der Waals surface area (Å²) >= 11 is 5.58. The zero-order valence-electron chi connectivity index (χ0n) is 10.2. The maximum absolute atomic E-state index is 12.2. The Labute approximate surface area is 133 Å². The molecule has 2 aromatic carbocycles. The second-order valence-corrected chi connectivity index (χ2v) is 6.31. The van der Waals surface area contributed by atoms with Gasteiger partial charge in [0.2, 0.25) is 0 Å². The number of halogens is 2. The number of benzene rings is 2. The van der Waals surface area contributed by atoms with Crippen LogP contribution in [0, 0.1) is 10.5 Å². The zero-order valence-corrected chi connectivity index (χ0v) is 13.9. The molecule has 0 heterocycles. The van der Waals surface area contributed by atoms with Crippen LogP contribution >= 0.6 is 38.5 Å². The molecule has 0 aliphatic rings. The number of hydrogen-bond acceptors (Lipinski definition) is 2. The van der Waals surface area contributed by atoms with Crippen LogP contribution < -0.4 is 11.1 Å². The molecule has 0 unspecified atom stereocenters.